The van der Waals surface area contributed by atoms with Crippen LogP contribution in [0.15, 0.2) is 30.5 Å². The Hall–Kier alpha value is -2.41. The second kappa shape index (κ2) is 6.48. The van der Waals surface area contributed by atoms with Gasteiger partial charge < -0.3 is 5.32 Å². The molecule has 1 aromatic carbocycles. The number of hydrogen-bond donors (Lipinski definition) is 1. The van der Waals surface area contributed by atoms with E-state index in [0.717, 1.165) is 6.07 Å². The van der Waals surface area contributed by atoms with E-state index in [1.807, 2.05) is 0 Å². The van der Waals surface area contributed by atoms with Crippen molar-refractivity contribution in [2.75, 3.05) is 0 Å². The summed E-state index contributed by atoms with van der Waals surface area (Å²) in [7, 11) is 0. The van der Waals surface area contributed by atoms with E-state index in [9.17, 15) is 18.4 Å². The molecule has 0 saturated carbocycles. The maximum Gasteiger partial charge on any atom is 0.262 e. The van der Waals surface area contributed by atoms with Crippen LogP contribution in [0.3, 0.4) is 0 Å². The van der Waals surface area contributed by atoms with E-state index in [2.05, 4.69) is 10.3 Å². The van der Waals surface area contributed by atoms with Gasteiger partial charge in [0.1, 0.15) is 5.69 Å². The predicted octanol–water partition coefficient (Wildman–Crippen LogP) is 3.47. The van der Waals surface area contributed by atoms with Crippen LogP contribution in [-0.2, 0) is 17.0 Å². The number of alkyl halides is 1. The number of hydrogen-bond acceptors (Lipinski definition) is 3. The molecule has 3 rings (SSSR count). The molecule has 0 spiro atoms. The second-order valence-electron chi connectivity index (χ2n) is 5.64. The molecule has 1 aromatic heterocycles. The number of fused-ring (bicyclic) bond motifs is 1. The molecule has 1 aliphatic carbocycles. The number of nitrogens with zero attached hydrogens (tertiary/aromatic N) is 1. The molecular formula is C17H12ClF3N2O2. The minimum Gasteiger partial charge on any atom is -0.349 e. The highest BCUT2D eigenvalue weighted by Crippen LogP contribution is 2.38. The van der Waals surface area contributed by atoms with Crippen LogP contribution in [0, 0.1) is 11.6 Å². The van der Waals surface area contributed by atoms with Crippen LogP contribution in [0.4, 0.5) is 13.2 Å². The Labute approximate surface area is 146 Å². The lowest BCUT2D eigenvalue weighted by Gasteiger charge is -2.29. The summed E-state index contributed by atoms with van der Waals surface area (Å²) in [5.41, 5.74) is -2.84. The fraction of sp³-hybridized carbons (Fsp3) is 0.235. The van der Waals surface area contributed by atoms with Gasteiger partial charge in [-0.2, -0.15) is 0 Å². The molecule has 0 unspecified atom stereocenters. The Kier molecular flexibility index (Phi) is 4.51. The lowest BCUT2D eigenvalue weighted by molar-refractivity contribution is -0.134. The minimum absolute atomic E-state index is 0.0879. The predicted molar refractivity (Wildman–Crippen MR) is 83.8 cm³/mol. The third kappa shape index (κ3) is 3.00. The topological polar surface area (TPSA) is 59.1 Å². The van der Waals surface area contributed by atoms with Gasteiger partial charge in [0.25, 0.3) is 5.91 Å². The number of ketones is 1. The number of carbonyl (C=O) groups excluding carboxylic acids is 2. The molecule has 8 heteroatoms. The summed E-state index contributed by atoms with van der Waals surface area (Å²) in [5, 5.41) is 1.86. The van der Waals surface area contributed by atoms with Crippen LogP contribution in [0.25, 0.3) is 0 Å². The number of halogens is 4. The van der Waals surface area contributed by atoms with Gasteiger partial charge in [0.15, 0.2) is 17.4 Å². The highest BCUT2D eigenvalue weighted by atomic mass is 35.5. The second-order valence-corrected chi connectivity index (χ2v) is 6.05. The van der Waals surface area contributed by atoms with Gasteiger partial charge in [-0.05, 0) is 12.1 Å². The molecule has 0 aliphatic heterocycles. The smallest absolute Gasteiger partial charge is 0.262 e. The fourth-order valence-corrected chi connectivity index (χ4v) is 2.89. The molecule has 0 bridgehead atoms. The maximum atomic E-state index is 15.3. The monoisotopic (exact) mass is 368 g/mol. The first-order valence-electron chi connectivity index (χ1n) is 7.43. The van der Waals surface area contributed by atoms with Crippen molar-refractivity contribution < 1.29 is 22.8 Å². The Morgan fingerprint density at radius 3 is 2.80 bits per heavy atom. The summed E-state index contributed by atoms with van der Waals surface area (Å²) >= 11 is 5.46. The lowest BCUT2D eigenvalue weighted by Crippen LogP contribution is -2.44. The van der Waals surface area contributed by atoms with Crippen molar-refractivity contribution in [2.45, 2.75) is 25.1 Å². The van der Waals surface area contributed by atoms with E-state index in [1.54, 1.807) is 0 Å². The molecule has 2 aromatic rings. The summed E-state index contributed by atoms with van der Waals surface area (Å²) in [6, 6.07) is 5.09. The lowest BCUT2D eigenvalue weighted by atomic mass is 9.81. The molecule has 0 saturated heterocycles. The fourth-order valence-electron chi connectivity index (χ4n) is 2.74. The number of nitrogens with one attached hydrogen (secondary N) is 1. The molecule has 1 heterocycles. The third-order valence-electron chi connectivity index (χ3n) is 4.11. The highest BCUT2D eigenvalue weighted by molar-refractivity contribution is 6.30. The first kappa shape index (κ1) is 17.4. The molecule has 1 N–H and O–H groups in total. The molecule has 1 amide bonds. The van der Waals surface area contributed by atoms with Crippen molar-refractivity contribution >= 4 is 23.3 Å². The van der Waals surface area contributed by atoms with Crippen LogP contribution in [0.1, 0.15) is 34.5 Å². The summed E-state index contributed by atoms with van der Waals surface area (Å²) in [4.78, 5) is 28.0. The summed E-state index contributed by atoms with van der Waals surface area (Å²) in [5.74, 6) is -3.82. The normalized spacial score (nSPS) is 19.4. The zero-order valence-corrected chi connectivity index (χ0v) is 13.5. The van der Waals surface area contributed by atoms with Crippen molar-refractivity contribution in [3.05, 3.63) is 63.9 Å². The Morgan fingerprint density at radius 2 is 2.04 bits per heavy atom. The van der Waals surface area contributed by atoms with Gasteiger partial charge in [-0.1, -0.05) is 23.7 Å². The van der Waals surface area contributed by atoms with Gasteiger partial charge in [0.05, 0.1) is 5.02 Å². The zero-order valence-electron chi connectivity index (χ0n) is 12.8. The molecular weight excluding hydrogens is 357 g/mol. The van der Waals surface area contributed by atoms with E-state index in [0.29, 0.717) is 0 Å². The van der Waals surface area contributed by atoms with Crippen LogP contribution in [-0.4, -0.2) is 16.7 Å². The number of benzene rings is 1. The standard InChI is InChI=1S/C17H12ClF3N2O2/c18-11-4-3-9(13(19)14(11)20)8-23-16(25)17(21)6-5-12(24)15-10(17)2-1-7-22-15/h1-4,7H,5-6,8H2,(H,23,25)/t17-/m0/s1. The van der Waals surface area contributed by atoms with Gasteiger partial charge >= 0.3 is 0 Å². The molecule has 0 fully saturated rings. The molecule has 1 atom stereocenters. The van der Waals surface area contributed by atoms with Crippen LogP contribution in [0.5, 0.6) is 0 Å². The van der Waals surface area contributed by atoms with E-state index in [-0.39, 0.29) is 40.5 Å². The SMILES string of the molecule is O=C1CC[C@@](F)(C(=O)NCc2ccc(Cl)c(F)c2F)c2cccnc21. The van der Waals surface area contributed by atoms with E-state index in [4.69, 9.17) is 11.6 Å². The maximum absolute atomic E-state index is 15.3. The van der Waals surface area contributed by atoms with Crippen LogP contribution < -0.4 is 5.32 Å². The van der Waals surface area contributed by atoms with Crippen LogP contribution in [0.2, 0.25) is 5.02 Å². The van der Waals surface area contributed by atoms with Gasteiger partial charge in [-0.15, -0.1) is 0 Å². The number of rotatable bonds is 3. The number of amides is 1. The summed E-state index contributed by atoms with van der Waals surface area (Å²) in [6.45, 7) is -0.423. The molecule has 1 aliphatic rings. The average Bonchev–Trinajstić information content (AvgIpc) is 2.62. The van der Waals surface area contributed by atoms with Crippen molar-refractivity contribution in [1.29, 1.82) is 0 Å². The van der Waals surface area contributed by atoms with Gasteiger partial charge in [-0.3, -0.25) is 14.6 Å². The third-order valence-corrected chi connectivity index (χ3v) is 4.40. The van der Waals surface area contributed by atoms with Crippen LogP contribution >= 0.6 is 11.6 Å². The quantitative estimate of drug-likeness (QED) is 0.844. The first-order valence-corrected chi connectivity index (χ1v) is 7.80. The summed E-state index contributed by atoms with van der Waals surface area (Å²) < 4.78 is 42.5. The summed E-state index contributed by atoms with van der Waals surface area (Å²) in [6.07, 6.45) is 0.831. The molecule has 130 valence electrons. The number of aromatic nitrogens is 1. The van der Waals surface area contributed by atoms with E-state index in [1.165, 1.54) is 24.4 Å². The van der Waals surface area contributed by atoms with Crippen molar-refractivity contribution in [2.24, 2.45) is 0 Å². The zero-order chi connectivity index (χ0) is 18.2. The average molecular weight is 369 g/mol. The number of pyridine rings is 1. The Bertz CT molecular complexity index is 875. The van der Waals surface area contributed by atoms with Gasteiger partial charge in [-0.25, -0.2) is 13.2 Å². The largest absolute Gasteiger partial charge is 0.349 e. The molecule has 4 nitrogen and oxygen atoms in total. The van der Waals surface area contributed by atoms with Crippen molar-refractivity contribution in [3.8, 4) is 0 Å². The highest BCUT2D eigenvalue weighted by Gasteiger charge is 2.46. The van der Waals surface area contributed by atoms with E-state index < -0.39 is 29.8 Å². The minimum atomic E-state index is -2.46. The number of Topliss-reactive ketones (excluding diaryl/α,β-unsaturated/α-hetero) is 1. The molecule has 0 radical (unpaired) electrons. The van der Waals surface area contributed by atoms with Crippen molar-refractivity contribution in [3.63, 3.8) is 0 Å². The molecule has 25 heavy (non-hydrogen) atoms. The van der Waals surface area contributed by atoms with Crippen molar-refractivity contribution in [1.82, 2.24) is 10.3 Å². The number of carbonyl (C=O) groups is 2. The Morgan fingerprint density at radius 1 is 1.28 bits per heavy atom. The van der Waals surface area contributed by atoms with Gasteiger partial charge in [0, 0.05) is 36.7 Å². The van der Waals surface area contributed by atoms with E-state index >= 15 is 4.39 Å². The van der Waals surface area contributed by atoms with Gasteiger partial charge in [0.2, 0.25) is 5.67 Å². The first-order chi connectivity index (χ1) is 11.8. The Balaban J connectivity index is 1.84.